The first kappa shape index (κ1) is 12.9. The fourth-order valence-electron chi connectivity index (χ4n) is 2.20. The van der Waals surface area contributed by atoms with E-state index in [1.165, 1.54) is 0 Å². The van der Waals surface area contributed by atoms with Crippen LogP contribution in [0.25, 0.3) is 0 Å². The van der Waals surface area contributed by atoms with E-state index in [0.29, 0.717) is 24.2 Å². The summed E-state index contributed by atoms with van der Waals surface area (Å²) in [5, 5.41) is 7.55. The molecule has 0 radical (unpaired) electrons. The zero-order valence-electron chi connectivity index (χ0n) is 11.3. The van der Waals surface area contributed by atoms with Gasteiger partial charge in [0.1, 0.15) is 0 Å². The number of nitrogens with one attached hydrogen (secondary N) is 1. The minimum Gasteiger partial charge on any atom is -0.481 e. The van der Waals surface area contributed by atoms with Crippen LogP contribution < -0.4 is 10.1 Å². The summed E-state index contributed by atoms with van der Waals surface area (Å²) in [5.74, 6) is 0.559. The van der Waals surface area contributed by atoms with Crippen LogP contribution in [0.15, 0.2) is 6.07 Å². The Labute approximate surface area is 107 Å². The van der Waals surface area contributed by atoms with Crippen molar-refractivity contribution in [2.75, 3.05) is 20.2 Å². The zero-order chi connectivity index (χ0) is 13.3. The molecule has 1 aliphatic heterocycles. The van der Waals surface area contributed by atoms with Crippen molar-refractivity contribution in [2.45, 2.75) is 25.9 Å². The van der Waals surface area contributed by atoms with E-state index >= 15 is 0 Å². The van der Waals surface area contributed by atoms with Crippen LogP contribution in [0.3, 0.4) is 0 Å². The quantitative estimate of drug-likeness (QED) is 0.820. The Morgan fingerprint density at radius 1 is 1.56 bits per heavy atom. The summed E-state index contributed by atoms with van der Waals surface area (Å²) in [5.41, 5.74) is 0.440. The third-order valence-corrected chi connectivity index (χ3v) is 3.29. The molecule has 2 unspecified atom stereocenters. The Hall–Kier alpha value is -1.56. The summed E-state index contributed by atoms with van der Waals surface area (Å²) in [7, 11) is 3.33. The Kier molecular flexibility index (Phi) is 3.56. The highest BCUT2D eigenvalue weighted by Gasteiger charge is 2.29. The summed E-state index contributed by atoms with van der Waals surface area (Å²) in [4.78, 5) is 14.3. The highest BCUT2D eigenvalue weighted by atomic mass is 16.5. The van der Waals surface area contributed by atoms with Crippen LogP contribution in [0, 0.1) is 0 Å². The molecule has 1 fully saturated rings. The van der Waals surface area contributed by atoms with E-state index in [1.807, 2.05) is 11.8 Å². The molecule has 1 N–H and O–H groups in total. The number of aryl methyl sites for hydroxylation is 1. The molecule has 18 heavy (non-hydrogen) atoms. The van der Waals surface area contributed by atoms with Crippen molar-refractivity contribution in [3.8, 4) is 5.88 Å². The van der Waals surface area contributed by atoms with Crippen molar-refractivity contribution in [3.05, 3.63) is 11.8 Å². The zero-order valence-corrected chi connectivity index (χ0v) is 11.3. The van der Waals surface area contributed by atoms with E-state index < -0.39 is 0 Å². The molecule has 2 rings (SSSR count). The minimum absolute atomic E-state index is 0.0326. The monoisotopic (exact) mass is 252 g/mol. The molecule has 1 amide bonds. The van der Waals surface area contributed by atoms with Crippen LogP contribution in [0.2, 0.25) is 0 Å². The number of nitrogens with zero attached hydrogens (tertiary/aromatic N) is 3. The summed E-state index contributed by atoms with van der Waals surface area (Å²) < 4.78 is 6.70. The Morgan fingerprint density at radius 3 is 2.89 bits per heavy atom. The van der Waals surface area contributed by atoms with Gasteiger partial charge >= 0.3 is 0 Å². The molecule has 1 saturated heterocycles. The molecule has 0 aromatic carbocycles. The summed E-state index contributed by atoms with van der Waals surface area (Å²) >= 11 is 0. The number of carbonyl (C=O) groups excluding carboxylic acids is 1. The smallest absolute Gasteiger partial charge is 0.274 e. The third kappa shape index (κ3) is 2.33. The van der Waals surface area contributed by atoms with Gasteiger partial charge in [-0.05, 0) is 13.8 Å². The second-order valence-corrected chi connectivity index (χ2v) is 4.81. The fourth-order valence-corrected chi connectivity index (χ4v) is 2.20. The topological polar surface area (TPSA) is 59.4 Å². The van der Waals surface area contributed by atoms with Crippen molar-refractivity contribution in [1.82, 2.24) is 20.0 Å². The van der Waals surface area contributed by atoms with Crippen molar-refractivity contribution in [2.24, 2.45) is 7.05 Å². The number of hydrogen-bond acceptors (Lipinski definition) is 4. The lowest BCUT2D eigenvalue weighted by Gasteiger charge is -2.37. The SMILES string of the molecule is COc1cc(C(=O)N2CC(C)NCC2C)nn1C. The van der Waals surface area contributed by atoms with Gasteiger partial charge in [0, 0.05) is 38.3 Å². The Morgan fingerprint density at radius 2 is 2.28 bits per heavy atom. The Bertz CT molecular complexity index is 443. The maximum atomic E-state index is 12.4. The molecule has 100 valence electrons. The standard InChI is InChI=1S/C12H20N4O2/c1-8-7-16(9(2)6-13-8)12(17)10-5-11(18-4)15(3)14-10/h5,8-9,13H,6-7H2,1-4H3. The van der Waals surface area contributed by atoms with Crippen LogP contribution in [-0.2, 0) is 7.05 Å². The van der Waals surface area contributed by atoms with E-state index in [9.17, 15) is 4.79 Å². The average molecular weight is 252 g/mol. The molecule has 0 saturated carbocycles. The van der Waals surface area contributed by atoms with Gasteiger partial charge in [-0.2, -0.15) is 5.10 Å². The van der Waals surface area contributed by atoms with Crippen LogP contribution >= 0.6 is 0 Å². The largest absolute Gasteiger partial charge is 0.481 e. The van der Waals surface area contributed by atoms with Crippen molar-refractivity contribution >= 4 is 5.91 Å². The lowest BCUT2D eigenvalue weighted by atomic mass is 10.1. The molecule has 2 heterocycles. The number of carbonyl (C=O) groups is 1. The molecule has 1 aromatic rings. The van der Waals surface area contributed by atoms with Gasteiger partial charge in [-0.15, -0.1) is 0 Å². The number of hydrogen-bond donors (Lipinski definition) is 1. The number of piperazine rings is 1. The predicted molar refractivity (Wildman–Crippen MR) is 67.7 cm³/mol. The predicted octanol–water partition coefficient (Wildman–Crippen LogP) is 0.251. The van der Waals surface area contributed by atoms with Crippen molar-refractivity contribution < 1.29 is 9.53 Å². The van der Waals surface area contributed by atoms with Gasteiger partial charge in [-0.3, -0.25) is 4.79 Å². The van der Waals surface area contributed by atoms with Crippen molar-refractivity contribution in [3.63, 3.8) is 0 Å². The molecule has 0 aliphatic carbocycles. The number of aromatic nitrogens is 2. The van der Waals surface area contributed by atoms with E-state index in [0.717, 1.165) is 6.54 Å². The van der Waals surface area contributed by atoms with Gasteiger partial charge in [0.25, 0.3) is 5.91 Å². The maximum Gasteiger partial charge on any atom is 0.274 e. The second kappa shape index (κ2) is 4.97. The second-order valence-electron chi connectivity index (χ2n) is 4.81. The van der Waals surface area contributed by atoms with Gasteiger partial charge in [0.2, 0.25) is 5.88 Å². The van der Waals surface area contributed by atoms with Crippen molar-refractivity contribution in [1.29, 1.82) is 0 Å². The molecule has 1 aromatic heterocycles. The van der Waals surface area contributed by atoms with E-state index in [2.05, 4.69) is 17.3 Å². The third-order valence-electron chi connectivity index (χ3n) is 3.29. The molecule has 1 aliphatic rings. The number of methoxy groups -OCH3 is 1. The fraction of sp³-hybridized carbons (Fsp3) is 0.667. The maximum absolute atomic E-state index is 12.4. The van der Waals surface area contributed by atoms with E-state index in [-0.39, 0.29) is 11.9 Å². The highest BCUT2D eigenvalue weighted by Crippen LogP contribution is 2.16. The van der Waals surface area contributed by atoms with Gasteiger partial charge in [-0.1, -0.05) is 0 Å². The number of rotatable bonds is 2. The first-order chi connectivity index (χ1) is 8.52. The van der Waals surface area contributed by atoms with Gasteiger partial charge in [-0.25, -0.2) is 4.68 Å². The molecule has 0 spiro atoms. The van der Waals surface area contributed by atoms with Gasteiger partial charge in [0.05, 0.1) is 7.11 Å². The summed E-state index contributed by atoms with van der Waals surface area (Å²) in [6.07, 6.45) is 0. The summed E-state index contributed by atoms with van der Waals surface area (Å²) in [6, 6.07) is 2.18. The molecule has 6 heteroatoms. The molecular weight excluding hydrogens is 232 g/mol. The van der Waals surface area contributed by atoms with E-state index in [4.69, 9.17) is 4.74 Å². The molecule has 2 atom stereocenters. The summed E-state index contributed by atoms with van der Waals surface area (Å²) in [6.45, 7) is 5.64. The normalized spacial score (nSPS) is 24.1. The lowest BCUT2D eigenvalue weighted by Crippen LogP contribution is -2.56. The van der Waals surface area contributed by atoms with Crippen LogP contribution in [-0.4, -0.2) is 52.9 Å². The minimum atomic E-state index is -0.0326. The molecule has 6 nitrogen and oxygen atoms in total. The Balaban J connectivity index is 2.18. The van der Waals surface area contributed by atoms with Gasteiger partial charge in [0.15, 0.2) is 5.69 Å². The highest BCUT2D eigenvalue weighted by molar-refractivity contribution is 5.93. The first-order valence-electron chi connectivity index (χ1n) is 6.15. The molecule has 0 bridgehead atoms. The van der Waals surface area contributed by atoms with Crippen LogP contribution in [0.1, 0.15) is 24.3 Å². The van der Waals surface area contributed by atoms with Crippen LogP contribution in [0.5, 0.6) is 5.88 Å². The van der Waals surface area contributed by atoms with E-state index in [1.54, 1.807) is 24.9 Å². The number of ether oxygens (including phenoxy) is 1. The van der Waals surface area contributed by atoms with Crippen LogP contribution in [0.4, 0.5) is 0 Å². The van der Waals surface area contributed by atoms with Gasteiger partial charge < -0.3 is 15.0 Å². The average Bonchev–Trinajstić information content (AvgIpc) is 2.73. The number of amides is 1. The first-order valence-corrected chi connectivity index (χ1v) is 6.15. The molecular formula is C12H20N4O2. The lowest BCUT2D eigenvalue weighted by molar-refractivity contribution is 0.0609.